The van der Waals surface area contributed by atoms with Crippen molar-refractivity contribution in [2.24, 2.45) is 0 Å². The summed E-state index contributed by atoms with van der Waals surface area (Å²) in [6.45, 7) is 3.54. The number of anilines is 1. The Hall–Kier alpha value is -3.10. The van der Waals surface area contributed by atoms with Crippen LogP contribution in [0.25, 0.3) is 5.65 Å². The van der Waals surface area contributed by atoms with E-state index in [1.54, 1.807) is 16.8 Å². The van der Waals surface area contributed by atoms with E-state index in [2.05, 4.69) is 35.5 Å². The molecule has 1 amide bonds. The molecule has 9 heteroatoms. The van der Waals surface area contributed by atoms with Crippen molar-refractivity contribution in [3.05, 3.63) is 42.2 Å². The highest BCUT2D eigenvalue weighted by molar-refractivity contribution is 5.92. The summed E-state index contributed by atoms with van der Waals surface area (Å²) in [6.07, 6.45) is 4.67. The lowest BCUT2D eigenvalue weighted by Gasteiger charge is -2.32. The summed E-state index contributed by atoms with van der Waals surface area (Å²) in [4.78, 5) is 22.2. The Kier molecular flexibility index (Phi) is 3.96. The zero-order valence-electron chi connectivity index (χ0n) is 13.8. The fourth-order valence-electron chi connectivity index (χ4n) is 2.99. The van der Waals surface area contributed by atoms with Gasteiger partial charge in [-0.05, 0) is 38.0 Å². The van der Waals surface area contributed by atoms with Crippen LogP contribution < -0.4 is 10.2 Å². The van der Waals surface area contributed by atoms with Crippen LogP contribution in [0.4, 0.5) is 5.82 Å². The van der Waals surface area contributed by atoms with Crippen molar-refractivity contribution >= 4 is 17.4 Å². The molecule has 128 valence electrons. The normalized spacial score (nSPS) is 15.5. The zero-order chi connectivity index (χ0) is 17.2. The number of fused-ring (bicyclic) bond motifs is 1. The average molecular weight is 338 g/mol. The van der Waals surface area contributed by atoms with Gasteiger partial charge in [0.1, 0.15) is 17.8 Å². The second-order valence-corrected chi connectivity index (χ2v) is 6.04. The van der Waals surface area contributed by atoms with E-state index >= 15 is 0 Å². The Morgan fingerprint density at radius 1 is 1.20 bits per heavy atom. The number of carbonyl (C=O) groups excluding carboxylic acids is 1. The third-order valence-electron chi connectivity index (χ3n) is 4.37. The Morgan fingerprint density at radius 2 is 2.04 bits per heavy atom. The van der Waals surface area contributed by atoms with E-state index in [9.17, 15) is 4.79 Å². The molecule has 9 nitrogen and oxygen atoms in total. The van der Waals surface area contributed by atoms with Crippen LogP contribution in [0.15, 0.2) is 30.7 Å². The molecule has 0 bridgehead atoms. The minimum absolute atomic E-state index is 0.138. The van der Waals surface area contributed by atoms with Gasteiger partial charge < -0.3 is 10.2 Å². The Labute approximate surface area is 144 Å². The molecule has 3 aromatic heterocycles. The van der Waals surface area contributed by atoms with Crippen molar-refractivity contribution in [2.75, 3.05) is 18.0 Å². The summed E-state index contributed by atoms with van der Waals surface area (Å²) < 4.78 is 1.75. The standard InChI is InChI=1S/C16H18N8O/c1-11-20-21-14-2-3-15(22-24(11)14)23-8-5-12(6-9-23)19-16(25)13-4-7-17-10-18-13/h2-4,7,10,12H,5-6,8-9H2,1H3,(H,19,25). The fraction of sp³-hybridized carbons (Fsp3) is 0.375. The van der Waals surface area contributed by atoms with Crippen molar-refractivity contribution in [3.63, 3.8) is 0 Å². The van der Waals surface area contributed by atoms with Crippen molar-refractivity contribution in [2.45, 2.75) is 25.8 Å². The van der Waals surface area contributed by atoms with Crippen LogP contribution in [0.5, 0.6) is 0 Å². The summed E-state index contributed by atoms with van der Waals surface area (Å²) in [7, 11) is 0. The molecule has 0 spiro atoms. The number of amides is 1. The van der Waals surface area contributed by atoms with Crippen LogP contribution in [-0.4, -0.2) is 54.8 Å². The monoisotopic (exact) mass is 338 g/mol. The summed E-state index contributed by atoms with van der Waals surface area (Å²) in [5.74, 6) is 1.51. The summed E-state index contributed by atoms with van der Waals surface area (Å²) in [5.41, 5.74) is 1.14. The van der Waals surface area contributed by atoms with E-state index < -0.39 is 0 Å². The summed E-state index contributed by atoms with van der Waals surface area (Å²) in [5, 5.41) is 15.7. The van der Waals surface area contributed by atoms with Crippen molar-refractivity contribution in [3.8, 4) is 0 Å². The Bertz CT molecular complexity index is 886. The number of hydrogen-bond acceptors (Lipinski definition) is 7. The highest BCUT2D eigenvalue weighted by Crippen LogP contribution is 2.18. The largest absolute Gasteiger partial charge is 0.355 e. The number of piperidine rings is 1. The molecule has 0 aromatic carbocycles. The highest BCUT2D eigenvalue weighted by Gasteiger charge is 2.22. The van der Waals surface area contributed by atoms with Crippen LogP contribution in [0, 0.1) is 6.92 Å². The molecule has 1 saturated heterocycles. The molecule has 1 fully saturated rings. The first-order valence-electron chi connectivity index (χ1n) is 8.21. The van der Waals surface area contributed by atoms with Gasteiger partial charge in [-0.1, -0.05) is 0 Å². The second kappa shape index (κ2) is 6.42. The summed E-state index contributed by atoms with van der Waals surface area (Å²) >= 11 is 0. The lowest BCUT2D eigenvalue weighted by Crippen LogP contribution is -2.45. The minimum Gasteiger partial charge on any atom is -0.355 e. The second-order valence-electron chi connectivity index (χ2n) is 6.04. The first kappa shape index (κ1) is 15.4. The maximum absolute atomic E-state index is 12.2. The van der Waals surface area contributed by atoms with E-state index in [1.807, 2.05) is 19.1 Å². The van der Waals surface area contributed by atoms with Gasteiger partial charge in [-0.3, -0.25) is 4.79 Å². The van der Waals surface area contributed by atoms with Gasteiger partial charge >= 0.3 is 0 Å². The molecule has 1 aliphatic heterocycles. The Balaban J connectivity index is 1.39. The predicted octanol–water partition coefficient (Wildman–Crippen LogP) is 0.622. The van der Waals surface area contributed by atoms with Crippen molar-refractivity contribution in [1.82, 2.24) is 35.1 Å². The zero-order valence-corrected chi connectivity index (χ0v) is 13.8. The molecule has 4 heterocycles. The van der Waals surface area contributed by atoms with Crippen LogP contribution in [-0.2, 0) is 0 Å². The number of carbonyl (C=O) groups is 1. The van der Waals surface area contributed by atoms with Gasteiger partial charge in [0.2, 0.25) is 0 Å². The van der Waals surface area contributed by atoms with Crippen LogP contribution >= 0.6 is 0 Å². The highest BCUT2D eigenvalue weighted by atomic mass is 16.1. The number of nitrogens with zero attached hydrogens (tertiary/aromatic N) is 7. The third-order valence-corrected chi connectivity index (χ3v) is 4.37. The third kappa shape index (κ3) is 3.12. The molecule has 25 heavy (non-hydrogen) atoms. The predicted molar refractivity (Wildman–Crippen MR) is 90.3 cm³/mol. The van der Waals surface area contributed by atoms with Gasteiger partial charge in [0.05, 0.1) is 0 Å². The fourth-order valence-corrected chi connectivity index (χ4v) is 2.99. The van der Waals surface area contributed by atoms with E-state index in [-0.39, 0.29) is 11.9 Å². The first-order chi connectivity index (χ1) is 12.2. The van der Waals surface area contributed by atoms with Crippen LogP contribution in [0.1, 0.15) is 29.2 Å². The molecule has 1 aliphatic rings. The number of aryl methyl sites for hydroxylation is 1. The van der Waals surface area contributed by atoms with Crippen LogP contribution in [0.2, 0.25) is 0 Å². The molecule has 0 unspecified atom stereocenters. The summed E-state index contributed by atoms with van der Waals surface area (Å²) in [6, 6.07) is 5.64. The van der Waals surface area contributed by atoms with Gasteiger partial charge in [-0.2, -0.15) is 4.52 Å². The molecular formula is C16H18N8O. The molecular weight excluding hydrogens is 320 g/mol. The van der Waals surface area contributed by atoms with Gasteiger partial charge in [0.25, 0.3) is 5.91 Å². The molecule has 3 aromatic rings. The maximum Gasteiger partial charge on any atom is 0.270 e. The number of rotatable bonds is 3. The van der Waals surface area contributed by atoms with E-state index in [0.717, 1.165) is 43.2 Å². The first-order valence-corrected chi connectivity index (χ1v) is 8.21. The van der Waals surface area contributed by atoms with Crippen molar-refractivity contribution < 1.29 is 4.79 Å². The molecule has 0 radical (unpaired) electrons. The Morgan fingerprint density at radius 3 is 2.80 bits per heavy atom. The SMILES string of the molecule is Cc1nnc2ccc(N3CCC(NC(=O)c4ccncn4)CC3)nn12. The quantitative estimate of drug-likeness (QED) is 0.747. The van der Waals surface area contributed by atoms with E-state index in [1.165, 1.54) is 6.33 Å². The number of nitrogens with one attached hydrogen (secondary N) is 1. The van der Waals surface area contributed by atoms with E-state index in [4.69, 9.17) is 0 Å². The average Bonchev–Trinajstić information content (AvgIpc) is 3.03. The molecule has 0 saturated carbocycles. The van der Waals surface area contributed by atoms with Crippen LogP contribution in [0.3, 0.4) is 0 Å². The smallest absolute Gasteiger partial charge is 0.270 e. The molecule has 1 N–H and O–H groups in total. The van der Waals surface area contributed by atoms with Crippen molar-refractivity contribution in [1.29, 1.82) is 0 Å². The lowest BCUT2D eigenvalue weighted by molar-refractivity contribution is 0.0926. The van der Waals surface area contributed by atoms with Gasteiger partial charge in [-0.15, -0.1) is 15.3 Å². The molecule has 4 rings (SSSR count). The molecule has 0 aliphatic carbocycles. The van der Waals surface area contributed by atoms with E-state index in [0.29, 0.717) is 5.69 Å². The van der Waals surface area contributed by atoms with Gasteiger partial charge in [0, 0.05) is 25.3 Å². The topological polar surface area (TPSA) is 101 Å². The van der Waals surface area contributed by atoms with Gasteiger partial charge in [0.15, 0.2) is 11.5 Å². The molecule has 0 atom stereocenters. The van der Waals surface area contributed by atoms with Gasteiger partial charge in [-0.25, -0.2) is 9.97 Å². The maximum atomic E-state index is 12.2. The number of aromatic nitrogens is 6. The number of hydrogen-bond donors (Lipinski definition) is 1. The minimum atomic E-state index is -0.152. The lowest BCUT2D eigenvalue weighted by atomic mass is 10.0.